The fourth-order valence-electron chi connectivity index (χ4n) is 3.01. The standard InChI is InChI=1S/C24H21N3O2/c1-18-17-27(20-13-7-3-8-14-20)26-23(18)25-24(28)22(19-11-5-2-6-12-19)29-21-15-9-4-10-16-21/h2-17,22H,1H3,(H,25,26,28). The fourth-order valence-corrected chi connectivity index (χ4v) is 3.01. The SMILES string of the molecule is Cc1cn(-c2ccccc2)nc1NC(=O)C(Oc1ccccc1)c1ccccc1. The van der Waals surface area contributed by atoms with Gasteiger partial charge in [-0.2, -0.15) is 0 Å². The summed E-state index contributed by atoms with van der Waals surface area (Å²) in [5.41, 5.74) is 2.57. The number of anilines is 1. The number of nitrogens with zero attached hydrogens (tertiary/aromatic N) is 2. The third-order valence-electron chi connectivity index (χ3n) is 4.50. The molecule has 0 saturated heterocycles. The number of nitrogens with one attached hydrogen (secondary N) is 1. The van der Waals surface area contributed by atoms with Crippen molar-refractivity contribution in [3.05, 3.63) is 108 Å². The molecular formula is C24H21N3O2. The molecule has 5 nitrogen and oxygen atoms in total. The van der Waals surface area contributed by atoms with E-state index >= 15 is 0 Å². The smallest absolute Gasteiger partial charge is 0.271 e. The molecule has 1 atom stereocenters. The van der Waals surface area contributed by atoms with Gasteiger partial charge in [-0.1, -0.05) is 66.7 Å². The lowest BCUT2D eigenvalue weighted by Crippen LogP contribution is -2.26. The molecule has 0 aliphatic carbocycles. The van der Waals surface area contributed by atoms with E-state index in [0.29, 0.717) is 11.6 Å². The van der Waals surface area contributed by atoms with Gasteiger partial charge in [0.2, 0.25) is 6.10 Å². The molecule has 29 heavy (non-hydrogen) atoms. The quantitative estimate of drug-likeness (QED) is 0.513. The van der Waals surface area contributed by atoms with Gasteiger partial charge in [-0.25, -0.2) is 4.68 Å². The van der Waals surface area contributed by atoms with Crippen LogP contribution in [0.15, 0.2) is 97.2 Å². The molecule has 4 rings (SSSR count). The number of amides is 1. The van der Waals surface area contributed by atoms with Gasteiger partial charge in [0.1, 0.15) is 5.75 Å². The van der Waals surface area contributed by atoms with Crippen molar-refractivity contribution in [1.29, 1.82) is 0 Å². The number of carbonyl (C=O) groups is 1. The summed E-state index contributed by atoms with van der Waals surface area (Å²) in [4.78, 5) is 13.1. The molecule has 0 spiro atoms. The Hall–Kier alpha value is -3.86. The number of ether oxygens (including phenoxy) is 1. The molecule has 4 aromatic rings. The highest BCUT2D eigenvalue weighted by Crippen LogP contribution is 2.24. The Morgan fingerprint density at radius 1 is 0.897 bits per heavy atom. The summed E-state index contributed by atoms with van der Waals surface area (Å²) in [5, 5.41) is 7.46. The van der Waals surface area contributed by atoms with Gasteiger partial charge < -0.3 is 10.1 Å². The monoisotopic (exact) mass is 383 g/mol. The third-order valence-corrected chi connectivity index (χ3v) is 4.50. The lowest BCUT2D eigenvalue weighted by atomic mass is 10.1. The average Bonchev–Trinajstić information content (AvgIpc) is 3.14. The highest BCUT2D eigenvalue weighted by Gasteiger charge is 2.24. The number of aryl methyl sites for hydroxylation is 1. The van der Waals surface area contributed by atoms with E-state index in [9.17, 15) is 4.79 Å². The van der Waals surface area contributed by atoms with Crippen LogP contribution >= 0.6 is 0 Å². The summed E-state index contributed by atoms with van der Waals surface area (Å²) in [6, 6.07) is 28.5. The van der Waals surface area contributed by atoms with Crippen molar-refractivity contribution in [2.24, 2.45) is 0 Å². The van der Waals surface area contributed by atoms with Gasteiger partial charge in [0.05, 0.1) is 5.69 Å². The highest BCUT2D eigenvalue weighted by atomic mass is 16.5. The van der Waals surface area contributed by atoms with E-state index in [1.54, 1.807) is 4.68 Å². The summed E-state index contributed by atoms with van der Waals surface area (Å²) in [5.74, 6) is 0.862. The van der Waals surface area contributed by atoms with E-state index in [1.165, 1.54) is 0 Å². The number of hydrogen-bond acceptors (Lipinski definition) is 3. The van der Waals surface area contributed by atoms with E-state index in [4.69, 9.17) is 4.74 Å². The molecule has 3 aromatic carbocycles. The van der Waals surface area contributed by atoms with Crippen molar-refractivity contribution in [3.63, 3.8) is 0 Å². The number of carbonyl (C=O) groups excluding carboxylic acids is 1. The molecule has 0 aliphatic heterocycles. The average molecular weight is 383 g/mol. The van der Waals surface area contributed by atoms with E-state index in [-0.39, 0.29) is 5.91 Å². The molecule has 0 aliphatic rings. The highest BCUT2D eigenvalue weighted by molar-refractivity contribution is 5.94. The van der Waals surface area contributed by atoms with Crippen LogP contribution in [0.1, 0.15) is 17.2 Å². The first-order valence-electron chi connectivity index (χ1n) is 9.40. The summed E-state index contributed by atoms with van der Waals surface area (Å²) >= 11 is 0. The minimum atomic E-state index is -0.792. The van der Waals surface area contributed by atoms with Crippen molar-refractivity contribution >= 4 is 11.7 Å². The molecule has 1 amide bonds. The van der Waals surface area contributed by atoms with Crippen LogP contribution in [0.25, 0.3) is 5.69 Å². The zero-order valence-corrected chi connectivity index (χ0v) is 16.0. The van der Waals surface area contributed by atoms with Gasteiger partial charge in [-0.05, 0) is 31.2 Å². The number of aromatic nitrogens is 2. The number of rotatable bonds is 6. The van der Waals surface area contributed by atoms with Crippen LogP contribution in [0, 0.1) is 6.92 Å². The number of benzene rings is 3. The Balaban J connectivity index is 1.59. The van der Waals surface area contributed by atoms with Crippen LogP contribution in [0.3, 0.4) is 0 Å². The van der Waals surface area contributed by atoms with Crippen molar-refractivity contribution in [3.8, 4) is 11.4 Å². The first-order chi connectivity index (χ1) is 14.2. The second kappa shape index (κ2) is 8.44. The summed E-state index contributed by atoms with van der Waals surface area (Å²) in [7, 11) is 0. The maximum Gasteiger partial charge on any atom is 0.271 e. The molecule has 144 valence electrons. The van der Waals surface area contributed by atoms with Gasteiger partial charge in [0, 0.05) is 17.3 Å². The van der Waals surface area contributed by atoms with Gasteiger partial charge in [0.15, 0.2) is 5.82 Å². The molecule has 1 aromatic heterocycles. The van der Waals surface area contributed by atoms with Crippen LogP contribution < -0.4 is 10.1 Å². The van der Waals surface area contributed by atoms with Gasteiger partial charge in [-0.15, -0.1) is 5.10 Å². The zero-order valence-electron chi connectivity index (χ0n) is 16.0. The molecule has 1 unspecified atom stereocenters. The van der Waals surface area contributed by atoms with Gasteiger partial charge in [-0.3, -0.25) is 4.79 Å². The van der Waals surface area contributed by atoms with E-state index in [2.05, 4.69) is 10.4 Å². The summed E-state index contributed by atoms with van der Waals surface area (Å²) < 4.78 is 7.77. The van der Waals surface area contributed by atoms with Crippen LogP contribution in [0.2, 0.25) is 0 Å². The van der Waals surface area contributed by atoms with Crippen molar-refractivity contribution in [2.75, 3.05) is 5.32 Å². The van der Waals surface area contributed by atoms with Crippen LogP contribution in [-0.2, 0) is 4.79 Å². The Bertz CT molecular complexity index is 1080. The number of para-hydroxylation sites is 2. The second-order valence-corrected chi connectivity index (χ2v) is 6.65. The molecule has 0 radical (unpaired) electrons. The van der Waals surface area contributed by atoms with E-state index in [1.807, 2.05) is 104 Å². The normalized spacial score (nSPS) is 11.6. The molecule has 5 heteroatoms. The molecule has 1 heterocycles. The van der Waals surface area contributed by atoms with Crippen molar-refractivity contribution in [2.45, 2.75) is 13.0 Å². The molecule has 0 bridgehead atoms. The Kier molecular flexibility index (Phi) is 5.38. The molecule has 1 N–H and O–H groups in total. The van der Waals surface area contributed by atoms with E-state index < -0.39 is 6.10 Å². The zero-order chi connectivity index (χ0) is 20.1. The van der Waals surface area contributed by atoms with Crippen LogP contribution in [-0.4, -0.2) is 15.7 Å². The van der Waals surface area contributed by atoms with Crippen molar-refractivity contribution in [1.82, 2.24) is 9.78 Å². The second-order valence-electron chi connectivity index (χ2n) is 6.65. The number of hydrogen-bond donors (Lipinski definition) is 1. The Labute approximate surface area is 169 Å². The Morgan fingerprint density at radius 2 is 1.48 bits per heavy atom. The van der Waals surface area contributed by atoms with Crippen LogP contribution in [0.4, 0.5) is 5.82 Å². The minimum Gasteiger partial charge on any atom is -0.476 e. The van der Waals surface area contributed by atoms with Gasteiger partial charge in [0.25, 0.3) is 5.91 Å². The first kappa shape index (κ1) is 18.5. The maximum absolute atomic E-state index is 13.1. The topological polar surface area (TPSA) is 56.2 Å². The van der Waals surface area contributed by atoms with E-state index in [0.717, 1.165) is 16.8 Å². The minimum absolute atomic E-state index is 0.276. The maximum atomic E-state index is 13.1. The third kappa shape index (κ3) is 4.35. The van der Waals surface area contributed by atoms with Gasteiger partial charge >= 0.3 is 0 Å². The Morgan fingerprint density at radius 3 is 2.14 bits per heavy atom. The van der Waals surface area contributed by atoms with Crippen molar-refractivity contribution < 1.29 is 9.53 Å². The molecule has 0 fully saturated rings. The van der Waals surface area contributed by atoms with Crippen LogP contribution in [0.5, 0.6) is 5.75 Å². The predicted octanol–water partition coefficient (Wildman–Crippen LogP) is 4.94. The fraction of sp³-hybridized carbons (Fsp3) is 0.0833. The summed E-state index contributed by atoms with van der Waals surface area (Å²) in [6.45, 7) is 1.91. The summed E-state index contributed by atoms with van der Waals surface area (Å²) in [6.07, 6.45) is 1.10. The molecule has 0 saturated carbocycles. The lowest BCUT2D eigenvalue weighted by Gasteiger charge is -2.18. The predicted molar refractivity (Wildman–Crippen MR) is 113 cm³/mol. The largest absolute Gasteiger partial charge is 0.476 e. The first-order valence-corrected chi connectivity index (χ1v) is 9.40. The molecular weight excluding hydrogens is 362 g/mol. The lowest BCUT2D eigenvalue weighted by molar-refractivity contribution is -0.123.